The molecule has 4 atom stereocenters. The predicted octanol–water partition coefficient (Wildman–Crippen LogP) is 11.8. The quantitative estimate of drug-likeness (QED) is 0.172. The first kappa shape index (κ1) is 31.3. The maximum Gasteiger partial charge on any atom is 0.164 e. The summed E-state index contributed by atoms with van der Waals surface area (Å²) >= 11 is 0. The lowest BCUT2D eigenvalue weighted by Gasteiger charge is -2.50. The Morgan fingerprint density at radius 2 is 1.14 bits per heavy atom. The normalized spacial score (nSPS) is 21.4. The monoisotopic (exact) mass is 660 g/mol. The zero-order valence-electron chi connectivity index (χ0n) is 29.2. The summed E-state index contributed by atoms with van der Waals surface area (Å²) in [6.07, 6.45) is 6.72. The van der Waals surface area contributed by atoms with Crippen molar-refractivity contribution >= 4 is 21.5 Å². The van der Waals surface area contributed by atoms with Crippen molar-refractivity contribution in [3.8, 4) is 51.4 Å². The van der Waals surface area contributed by atoms with Crippen LogP contribution in [0.2, 0.25) is 0 Å². The number of nitrogens with zero attached hydrogens (tertiary/aromatic N) is 4. The topological polar surface area (TPSA) is 62.5 Å². The lowest BCUT2D eigenvalue weighted by Crippen LogP contribution is -2.42. The Labute approximate surface area is 299 Å². The molecule has 2 saturated carbocycles. The van der Waals surface area contributed by atoms with Crippen LogP contribution in [0.3, 0.4) is 0 Å². The summed E-state index contributed by atoms with van der Waals surface area (Å²) in [5.74, 6) is 4.18. The Morgan fingerprint density at radius 1 is 0.549 bits per heavy atom. The van der Waals surface area contributed by atoms with Crippen molar-refractivity contribution in [2.24, 2.45) is 17.8 Å². The molecule has 2 bridgehead atoms. The fourth-order valence-electron chi connectivity index (χ4n) is 9.61. The van der Waals surface area contributed by atoms with Crippen LogP contribution in [0.25, 0.3) is 66.8 Å². The van der Waals surface area contributed by atoms with Gasteiger partial charge in [0.2, 0.25) is 0 Å². The molecule has 0 spiro atoms. The van der Waals surface area contributed by atoms with Gasteiger partial charge in [-0.1, -0.05) is 111 Å². The number of nitriles is 1. The van der Waals surface area contributed by atoms with Gasteiger partial charge in [0, 0.05) is 16.7 Å². The molecule has 0 radical (unpaired) electrons. The van der Waals surface area contributed by atoms with Crippen LogP contribution >= 0.6 is 0 Å². The smallest absolute Gasteiger partial charge is 0.164 e. The number of hydrogen-bond acceptors (Lipinski definition) is 4. The average molecular weight is 661 g/mol. The van der Waals surface area contributed by atoms with Gasteiger partial charge in [-0.2, -0.15) is 5.26 Å². The van der Waals surface area contributed by atoms with E-state index >= 15 is 0 Å². The molecular formula is C47H40N4. The Morgan fingerprint density at radius 3 is 1.82 bits per heavy atom. The van der Waals surface area contributed by atoms with E-state index < -0.39 is 0 Å². The van der Waals surface area contributed by atoms with Crippen molar-refractivity contribution < 1.29 is 0 Å². The third-order valence-electron chi connectivity index (χ3n) is 11.5. The van der Waals surface area contributed by atoms with E-state index in [0.29, 0.717) is 28.5 Å². The van der Waals surface area contributed by atoms with Gasteiger partial charge in [-0.25, -0.2) is 15.0 Å². The van der Waals surface area contributed by atoms with Gasteiger partial charge in [0.1, 0.15) is 0 Å². The second-order valence-electron chi connectivity index (χ2n) is 15.3. The molecule has 1 aromatic heterocycles. The molecule has 0 amide bonds. The fraction of sp³-hybridized carbons (Fsp3) is 0.234. The van der Waals surface area contributed by atoms with Gasteiger partial charge in [0.25, 0.3) is 0 Å². The van der Waals surface area contributed by atoms with Crippen molar-refractivity contribution in [1.82, 2.24) is 15.0 Å². The molecule has 9 rings (SSSR count). The molecular weight excluding hydrogens is 621 g/mol. The molecule has 2 unspecified atom stereocenters. The number of benzene rings is 6. The minimum atomic E-state index is 0.306. The van der Waals surface area contributed by atoms with Crippen LogP contribution in [-0.4, -0.2) is 15.0 Å². The second-order valence-corrected chi connectivity index (χ2v) is 15.3. The third-order valence-corrected chi connectivity index (χ3v) is 11.5. The van der Waals surface area contributed by atoms with Crippen LogP contribution in [0.5, 0.6) is 0 Å². The van der Waals surface area contributed by atoms with Gasteiger partial charge in [-0.15, -0.1) is 0 Å². The van der Waals surface area contributed by atoms with Gasteiger partial charge in [0.05, 0.1) is 11.6 Å². The molecule has 7 aromatic rings. The van der Waals surface area contributed by atoms with Crippen molar-refractivity contribution in [2.45, 2.75) is 51.4 Å². The van der Waals surface area contributed by atoms with Crippen LogP contribution in [0.4, 0.5) is 0 Å². The minimum absolute atomic E-state index is 0.306. The highest BCUT2D eigenvalue weighted by molar-refractivity contribution is 6.10. The fourth-order valence-corrected chi connectivity index (χ4v) is 9.61. The number of rotatable bonds is 5. The maximum absolute atomic E-state index is 9.64. The summed E-state index contributed by atoms with van der Waals surface area (Å²) in [7, 11) is 0. The summed E-state index contributed by atoms with van der Waals surface area (Å²) < 4.78 is 0. The molecule has 51 heavy (non-hydrogen) atoms. The Bertz CT molecular complexity index is 2440. The van der Waals surface area contributed by atoms with Gasteiger partial charge >= 0.3 is 0 Å². The van der Waals surface area contributed by atoms with E-state index in [1.165, 1.54) is 65.0 Å². The zero-order chi connectivity index (χ0) is 34.5. The maximum atomic E-state index is 9.64. The summed E-state index contributed by atoms with van der Waals surface area (Å²) in [6.45, 7) is 4.93. The van der Waals surface area contributed by atoms with Crippen LogP contribution in [0.15, 0.2) is 127 Å². The zero-order valence-corrected chi connectivity index (χ0v) is 29.2. The molecule has 0 saturated heterocycles. The summed E-state index contributed by atoms with van der Waals surface area (Å²) in [5.41, 5.74) is 7.47. The van der Waals surface area contributed by atoms with Crippen molar-refractivity contribution in [3.63, 3.8) is 0 Å². The first-order valence-corrected chi connectivity index (χ1v) is 18.3. The summed E-state index contributed by atoms with van der Waals surface area (Å²) in [6, 6.07) is 46.9. The highest BCUT2D eigenvalue weighted by Crippen LogP contribution is 2.54. The standard InChI is InChI=1S/C47H40N4/c1-30-21-33-22-31(2)27-47(26-30,28-33)39-17-15-34(16-18-39)40-19-20-41(43-25-37-13-7-6-12-36(37)24-42(40)43)46-50-44(35-10-4-3-5-11-35)49-45(51-46)38-14-8-9-32(23-38)29-48/h3-20,23-25,30-31,33H,21-22,26-28H2,1-2H3/t30-,31+,33?,47?. The Balaban J connectivity index is 1.21. The summed E-state index contributed by atoms with van der Waals surface area (Å²) in [4.78, 5) is 15.1. The van der Waals surface area contributed by atoms with Crippen LogP contribution in [-0.2, 0) is 5.41 Å². The number of aromatic nitrogens is 3. The van der Waals surface area contributed by atoms with Crippen molar-refractivity contribution in [2.75, 3.05) is 0 Å². The van der Waals surface area contributed by atoms with Gasteiger partial charge < -0.3 is 0 Å². The van der Waals surface area contributed by atoms with E-state index in [1.807, 2.05) is 48.5 Å². The van der Waals surface area contributed by atoms with Crippen molar-refractivity contribution in [1.29, 1.82) is 5.26 Å². The number of hydrogen-bond donors (Lipinski definition) is 0. The van der Waals surface area contributed by atoms with E-state index in [4.69, 9.17) is 15.0 Å². The average Bonchev–Trinajstić information content (AvgIpc) is 3.16. The van der Waals surface area contributed by atoms with E-state index in [-0.39, 0.29) is 0 Å². The van der Waals surface area contributed by atoms with Gasteiger partial charge in [-0.3, -0.25) is 0 Å². The highest BCUT2D eigenvalue weighted by atomic mass is 15.0. The second kappa shape index (κ2) is 12.6. The lowest BCUT2D eigenvalue weighted by atomic mass is 9.54. The van der Waals surface area contributed by atoms with Gasteiger partial charge in [-0.05, 0) is 124 Å². The molecule has 248 valence electrons. The molecule has 0 aliphatic heterocycles. The molecule has 0 N–H and O–H groups in total. The van der Waals surface area contributed by atoms with Crippen molar-refractivity contribution in [3.05, 3.63) is 139 Å². The molecule has 4 heteroatoms. The lowest BCUT2D eigenvalue weighted by molar-refractivity contribution is 0.0780. The molecule has 2 aliphatic carbocycles. The summed E-state index contributed by atoms with van der Waals surface area (Å²) in [5, 5.41) is 14.3. The minimum Gasteiger partial charge on any atom is -0.208 e. The Hall–Kier alpha value is -5.66. The molecule has 6 aromatic carbocycles. The molecule has 4 nitrogen and oxygen atoms in total. The largest absolute Gasteiger partial charge is 0.208 e. The highest BCUT2D eigenvalue weighted by Gasteiger charge is 2.45. The SMILES string of the molecule is C[C@@H]1CC2C[C@H](C)CC(c3ccc(-c4ccc(-c5nc(-c6ccccc6)nc(-c6cccc(C#N)c6)n5)c5cc6ccccc6cc45)cc3)(C2)C1. The van der Waals surface area contributed by atoms with E-state index in [1.54, 1.807) is 6.07 Å². The molecule has 2 fully saturated rings. The first-order valence-electron chi connectivity index (χ1n) is 18.3. The predicted molar refractivity (Wildman–Crippen MR) is 208 cm³/mol. The molecule has 2 aliphatic rings. The Kier molecular flexibility index (Phi) is 7.73. The molecule has 1 heterocycles. The third kappa shape index (κ3) is 5.77. The van der Waals surface area contributed by atoms with E-state index in [0.717, 1.165) is 39.8 Å². The van der Waals surface area contributed by atoms with E-state index in [2.05, 4.69) is 92.7 Å². The van der Waals surface area contributed by atoms with Crippen LogP contribution in [0.1, 0.15) is 57.1 Å². The first-order chi connectivity index (χ1) is 24.9. The number of fused-ring (bicyclic) bond motifs is 4. The van der Waals surface area contributed by atoms with Crippen LogP contribution in [0, 0.1) is 29.1 Å². The van der Waals surface area contributed by atoms with Crippen LogP contribution < -0.4 is 0 Å². The van der Waals surface area contributed by atoms with E-state index in [9.17, 15) is 5.26 Å². The van der Waals surface area contributed by atoms with Gasteiger partial charge in [0.15, 0.2) is 17.5 Å².